The van der Waals surface area contributed by atoms with Gasteiger partial charge in [0, 0.05) is 17.5 Å². The molecule has 94 valence electrons. The van der Waals surface area contributed by atoms with Crippen LogP contribution in [0.2, 0.25) is 0 Å². The normalized spacial score (nSPS) is 23.4. The lowest BCUT2D eigenvalue weighted by molar-refractivity contribution is 0.0931. The monoisotopic (exact) mass is 244 g/mol. The molecule has 1 aliphatic rings. The minimum atomic E-state index is -0.144. The molecule has 5 nitrogen and oxygen atoms in total. The molecule has 1 amide bonds. The third-order valence-corrected chi connectivity index (χ3v) is 3.57. The Balaban J connectivity index is 1.84. The number of hydrogen-bond donors (Lipinski definition) is 3. The van der Waals surface area contributed by atoms with Crippen molar-refractivity contribution in [3.63, 3.8) is 0 Å². The molecule has 5 heteroatoms. The summed E-state index contributed by atoms with van der Waals surface area (Å²) in [5.74, 6) is -0.144. The molecule has 2 unspecified atom stereocenters. The van der Waals surface area contributed by atoms with Crippen molar-refractivity contribution in [2.75, 3.05) is 0 Å². The number of rotatable bonds is 2. The maximum absolute atomic E-state index is 12.2. The molecule has 0 radical (unpaired) electrons. The Morgan fingerprint density at radius 1 is 1.39 bits per heavy atom. The van der Waals surface area contributed by atoms with E-state index in [0.29, 0.717) is 5.69 Å². The fourth-order valence-electron chi connectivity index (χ4n) is 2.54. The first-order chi connectivity index (χ1) is 8.75. The van der Waals surface area contributed by atoms with Crippen LogP contribution >= 0.6 is 0 Å². The van der Waals surface area contributed by atoms with E-state index in [1.54, 1.807) is 0 Å². The minimum absolute atomic E-state index is 0.0687. The fourth-order valence-corrected chi connectivity index (χ4v) is 2.54. The van der Waals surface area contributed by atoms with Crippen LogP contribution in [0.5, 0.6) is 0 Å². The first-order valence-corrected chi connectivity index (χ1v) is 6.25. The highest BCUT2D eigenvalue weighted by molar-refractivity contribution is 6.04. The number of para-hydroxylation sites is 1. The number of aromatic amines is 1. The predicted octanol–water partition coefficient (Wildman–Crippen LogP) is 1.17. The highest BCUT2D eigenvalue weighted by Gasteiger charge is 2.26. The molecule has 0 spiro atoms. The summed E-state index contributed by atoms with van der Waals surface area (Å²) >= 11 is 0. The summed E-state index contributed by atoms with van der Waals surface area (Å²) in [7, 11) is 0. The van der Waals surface area contributed by atoms with Gasteiger partial charge in [0.1, 0.15) is 0 Å². The molecule has 0 aliphatic heterocycles. The summed E-state index contributed by atoms with van der Waals surface area (Å²) in [5, 5.41) is 10.8. The third kappa shape index (κ3) is 1.86. The Labute approximate surface area is 105 Å². The van der Waals surface area contributed by atoms with E-state index in [9.17, 15) is 4.79 Å². The Kier molecular flexibility index (Phi) is 2.76. The lowest BCUT2D eigenvalue weighted by Gasteiger charge is -2.16. The highest BCUT2D eigenvalue weighted by Crippen LogP contribution is 2.19. The first kappa shape index (κ1) is 11.2. The van der Waals surface area contributed by atoms with Gasteiger partial charge in [0.05, 0.1) is 5.52 Å². The van der Waals surface area contributed by atoms with Crippen molar-refractivity contribution in [1.82, 2.24) is 15.5 Å². The molecule has 1 aromatic heterocycles. The Morgan fingerprint density at radius 2 is 2.22 bits per heavy atom. The van der Waals surface area contributed by atoms with Crippen molar-refractivity contribution in [1.29, 1.82) is 0 Å². The summed E-state index contributed by atoms with van der Waals surface area (Å²) < 4.78 is 0. The van der Waals surface area contributed by atoms with Crippen LogP contribution in [-0.2, 0) is 0 Å². The van der Waals surface area contributed by atoms with Crippen LogP contribution in [0, 0.1) is 0 Å². The van der Waals surface area contributed by atoms with Crippen molar-refractivity contribution >= 4 is 16.8 Å². The first-order valence-electron chi connectivity index (χ1n) is 6.25. The number of hydrogen-bond acceptors (Lipinski definition) is 3. The van der Waals surface area contributed by atoms with Gasteiger partial charge < -0.3 is 11.1 Å². The molecule has 1 saturated carbocycles. The SMILES string of the molecule is NC1CCCC1NC(=O)c1n[nH]c2ccccc12. The van der Waals surface area contributed by atoms with Crippen LogP contribution in [0.4, 0.5) is 0 Å². The fraction of sp³-hybridized carbons (Fsp3) is 0.385. The summed E-state index contributed by atoms with van der Waals surface area (Å²) in [4.78, 5) is 12.2. The Hall–Kier alpha value is -1.88. The summed E-state index contributed by atoms with van der Waals surface area (Å²) in [6.07, 6.45) is 3.01. The molecule has 2 aromatic rings. The van der Waals surface area contributed by atoms with Gasteiger partial charge in [0.25, 0.3) is 5.91 Å². The van der Waals surface area contributed by atoms with Crippen molar-refractivity contribution in [3.8, 4) is 0 Å². The zero-order chi connectivity index (χ0) is 12.5. The summed E-state index contributed by atoms with van der Waals surface area (Å²) in [6, 6.07) is 7.75. The van der Waals surface area contributed by atoms with Crippen molar-refractivity contribution in [3.05, 3.63) is 30.0 Å². The van der Waals surface area contributed by atoms with E-state index in [4.69, 9.17) is 5.73 Å². The quantitative estimate of drug-likeness (QED) is 0.741. The topological polar surface area (TPSA) is 83.8 Å². The van der Waals surface area contributed by atoms with Crippen molar-refractivity contribution < 1.29 is 4.79 Å². The van der Waals surface area contributed by atoms with Crippen molar-refractivity contribution in [2.24, 2.45) is 5.73 Å². The minimum Gasteiger partial charge on any atom is -0.346 e. The van der Waals surface area contributed by atoms with Crippen LogP contribution in [0.15, 0.2) is 24.3 Å². The number of H-pyrrole nitrogens is 1. The van der Waals surface area contributed by atoms with E-state index in [-0.39, 0.29) is 18.0 Å². The standard InChI is InChI=1S/C13H16N4O/c14-9-5-3-7-11(9)15-13(18)12-8-4-1-2-6-10(8)16-17-12/h1-2,4,6,9,11H,3,5,7,14H2,(H,15,18)(H,16,17). The number of benzene rings is 1. The number of carbonyl (C=O) groups is 1. The van der Waals surface area contributed by atoms with Gasteiger partial charge in [-0.25, -0.2) is 0 Å². The van der Waals surface area contributed by atoms with Gasteiger partial charge in [-0.1, -0.05) is 18.2 Å². The second kappa shape index (κ2) is 4.42. The van der Waals surface area contributed by atoms with Gasteiger partial charge in [-0.3, -0.25) is 9.89 Å². The highest BCUT2D eigenvalue weighted by atomic mass is 16.2. The van der Waals surface area contributed by atoms with Gasteiger partial charge in [0.15, 0.2) is 5.69 Å². The van der Waals surface area contributed by atoms with Crippen LogP contribution in [-0.4, -0.2) is 28.2 Å². The van der Waals surface area contributed by atoms with Gasteiger partial charge in [0.2, 0.25) is 0 Å². The molecular formula is C13H16N4O. The summed E-state index contributed by atoms with van der Waals surface area (Å²) in [6.45, 7) is 0. The van der Waals surface area contributed by atoms with Gasteiger partial charge in [-0.05, 0) is 25.3 Å². The van der Waals surface area contributed by atoms with Gasteiger partial charge in [-0.15, -0.1) is 0 Å². The van der Waals surface area contributed by atoms with E-state index in [2.05, 4.69) is 15.5 Å². The van der Waals surface area contributed by atoms with Gasteiger partial charge in [-0.2, -0.15) is 5.10 Å². The maximum Gasteiger partial charge on any atom is 0.272 e. The Morgan fingerprint density at radius 3 is 3.00 bits per heavy atom. The van der Waals surface area contributed by atoms with Crippen LogP contribution in [0.25, 0.3) is 10.9 Å². The summed E-state index contributed by atoms with van der Waals surface area (Å²) in [5.41, 5.74) is 7.27. The lowest BCUT2D eigenvalue weighted by Crippen LogP contribution is -2.44. The van der Waals surface area contributed by atoms with E-state index in [1.165, 1.54) is 0 Å². The molecule has 1 heterocycles. The molecule has 2 atom stereocenters. The van der Waals surface area contributed by atoms with Crippen LogP contribution in [0.3, 0.4) is 0 Å². The second-order valence-corrected chi connectivity index (χ2v) is 4.79. The average molecular weight is 244 g/mol. The third-order valence-electron chi connectivity index (χ3n) is 3.57. The number of aromatic nitrogens is 2. The van der Waals surface area contributed by atoms with E-state index < -0.39 is 0 Å². The smallest absolute Gasteiger partial charge is 0.272 e. The number of nitrogens with two attached hydrogens (primary N) is 1. The number of nitrogens with zero attached hydrogens (tertiary/aromatic N) is 1. The molecular weight excluding hydrogens is 228 g/mol. The van der Waals surface area contributed by atoms with Crippen molar-refractivity contribution in [2.45, 2.75) is 31.3 Å². The number of amides is 1. The molecule has 1 aliphatic carbocycles. The second-order valence-electron chi connectivity index (χ2n) is 4.79. The predicted molar refractivity (Wildman–Crippen MR) is 69.2 cm³/mol. The molecule has 0 bridgehead atoms. The van der Waals surface area contributed by atoms with E-state index in [1.807, 2.05) is 24.3 Å². The zero-order valence-electron chi connectivity index (χ0n) is 10.0. The lowest BCUT2D eigenvalue weighted by atomic mass is 10.1. The molecule has 0 saturated heterocycles. The number of nitrogens with one attached hydrogen (secondary N) is 2. The molecule has 3 rings (SSSR count). The molecule has 1 aromatic carbocycles. The molecule has 18 heavy (non-hydrogen) atoms. The molecule has 1 fully saturated rings. The number of carbonyl (C=O) groups excluding carboxylic acids is 1. The van der Waals surface area contributed by atoms with Crippen LogP contribution < -0.4 is 11.1 Å². The van der Waals surface area contributed by atoms with E-state index in [0.717, 1.165) is 30.2 Å². The molecule has 4 N–H and O–H groups in total. The van der Waals surface area contributed by atoms with E-state index >= 15 is 0 Å². The Bertz CT molecular complexity index is 577. The average Bonchev–Trinajstić information content (AvgIpc) is 2.96. The van der Waals surface area contributed by atoms with Gasteiger partial charge >= 0.3 is 0 Å². The van der Waals surface area contributed by atoms with Crippen LogP contribution in [0.1, 0.15) is 29.8 Å². The number of fused-ring (bicyclic) bond motifs is 1. The zero-order valence-corrected chi connectivity index (χ0v) is 10.0. The largest absolute Gasteiger partial charge is 0.346 e. The maximum atomic E-state index is 12.2.